The van der Waals surface area contributed by atoms with Gasteiger partial charge in [0, 0.05) is 50.7 Å². The van der Waals surface area contributed by atoms with Gasteiger partial charge in [-0.3, -0.25) is 9.48 Å². The summed E-state index contributed by atoms with van der Waals surface area (Å²) in [5.74, 6) is 0.595. The summed E-state index contributed by atoms with van der Waals surface area (Å²) in [6.45, 7) is 0.691. The molecule has 0 bridgehead atoms. The van der Waals surface area contributed by atoms with Crippen LogP contribution in [0.25, 0.3) is 11.1 Å². The van der Waals surface area contributed by atoms with Gasteiger partial charge in [0.15, 0.2) is 0 Å². The first-order valence-electron chi connectivity index (χ1n) is 9.55. The predicted molar refractivity (Wildman–Crippen MR) is 113 cm³/mol. The van der Waals surface area contributed by atoms with Gasteiger partial charge in [-0.1, -0.05) is 23.7 Å². The smallest absolute Gasteiger partial charge is 0.272 e. The molecule has 8 heteroatoms. The van der Waals surface area contributed by atoms with Crippen LogP contribution >= 0.6 is 11.6 Å². The van der Waals surface area contributed by atoms with Crippen LogP contribution in [0, 0.1) is 0 Å². The van der Waals surface area contributed by atoms with Crippen molar-refractivity contribution in [2.75, 3.05) is 25.5 Å². The van der Waals surface area contributed by atoms with Crippen molar-refractivity contribution in [1.82, 2.24) is 24.6 Å². The molecular formula is C21H23ClN6O. The summed E-state index contributed by atoms with van der Waals surface area (Å²) >= 11 is 6.07. The quantitative estimate of drug-likeness (QED) is 0.657. The molecule has 0 N–H and O–H groups in total. The normalized spacial score (nSPS) is 16.3. The maximum absolute atomic E-state index is 13.2. The second-order valence-corrected chi connectivity index (χ2v) is 7.80. The molecule has 1 amide bonds. The van der Waals surface area contributed by atoms with Crippen LogP contribution in [-0.4, -0.2) is 51.2 Å². The molecule has 0 saturated carbocycles. The highest BCUT2D eigenvalue weighted by molar-refractivity contribution is 6.30. The number of rotatable bonds is 4. The van der Waals surface area contributed by atoms with Crippen LogP contribution in [0.1, 0.15) is 35.1 Å². The van der Waals surface area contributed by atoms with E-state index in [9.17, 15) is 4.79 Å². The molecule has 7 nitrogen and oxygen atoms in total. The monoisotopic (exact) mass is 410 g/mol. The zero-order valence-corrected chi connectivity index (χ0v) is 17.5. The van der Waals surface area contributed by atoms with Crippen LogP contribution in [0.4, 0.5) is 5.95 Å². The van der Waals surface area contributed by atoms with Crippen LogP contribution in [0.3, 0.4) is 0 Å². The number of hydrogen-bond acceptors (Lipinski definition) is 5. The fourth-order valence-corrected chi connectivity index (χ4v) is 3.86. The lowest BCUT2D eigenvalue weighted by molar-refractivity contribution is 0.0722. The first-order valence-corrected chi connectivity index (χ1v) is 9.92. The topological polar surface area (TPSA) is 67.2 Å². The maximum Gasteiger partial charge on any atom is 0.272 e. The number of halogens is 1. The van der Waals surface area contributed by atoms with Crippen molar-refractivity contribution in [2.24, 2.45) is 7.05 Å². The summed E-state index contributed by atoms with van der Waals surface area (Å²) < 4.78 is 1.61. The van der Waals surface area contributed by atoms with Gasteiger partial charge in [-0.15, -0.1) is 0 Å². The van der Waals surface area contributed by atoms with Gasteiger partial charge in [0.2, 0.25) is 5.95 Å². The van der Waals surface area contributed by atoms with Gasteiger partial charge in [-0.25, -0.2) is 9.97 Å². The number of likely N-dealkylation sites (tertiary alicyclic amines) is 1. The number of anilines is 1. The first kappa shape index (κ1) is 19.4. The Bertz CT molecular complexity index is 1030. The van der Waals surface area contributed by atoms with E-state index in [-0.39, 0.29) is 11.9 Å². The third-order valence-electron chi connectivity index (χ3n) is 5.23. The first-order chi connectivity index (χ1) is 14.0. The van der Waals surface area contributed by atoms with E-state index in [1.807, 2.05) is 54.4 Å². The lowest BCUT2D eigenvalue weighted by atomic mass is 9.99. The average Bonchev–Trinajstić information content (AvgIpc) is 3.36. The second-order valence-electron chi connectivity index (χ2n) is 7.37. The largest absolute Gasteiger partial charge is 0.347 e. The number of aryl methyl sites for hydroxylation is 1. The molecule has 0 spiro atoms. The highest BCUT2D eigenvalue weighted by Gasteiger charge is 2.34. The van der Waals surface area contributed by atoms with Crippen molar-refractivity contribution in [2.45, 2.75) is 18.9 Å². The molecule has 2 aromatic heterocycles. The predicted octanol–water partition coefficient (Wildman–Crippen LogP) is 3.57. The fraction of sp³-hybridized carbons (Fsp3) is 0.333. The summed E-state index contributed by atoms with van der Waals surface area (Å²) in [4.78, 5) is 26.4. The highest BCUT2D eigenvalue weighted by atomic mass is 35.5. The Kier molecular flexibility index (Phi) is 5.24. The van der Waals surface area contributed by atoms with Crippen LogP contribution in [0.2, 0.25) is 5.02 Å². The molecule has 0 aliphatic carbocycles. The Balaban J connectivity index is 1.79. The van der Waals surface area contributed by atoms with E-state index in [2.05, 4.69) is 10.1 Å². The lowest BCUT2D eigenvalue weighted by Crippen LogP contribution is -2.33. The van der Waals surface area contributed by atoms with Crippen molar-refractivity contribution in [3.63, 3.8) is 0 Å². The van der Waals surface area contributed by atoms with Crippen LogP contribution in [0.5, 0.6) is 0 Å². The molecule has 1 aliphatic rings. The number of carbonyl (C=O) groups excluding carboxylic acids is 1. The fourth-order valence-electron chi connectivity index (χ4n) is 3.73. The number of carbonyl (C=O) groups is 1. The second kappa shape index (κ2) is 7.83. The zero-order valence-electron chi connectivity index (χ0n) is 16.7. The Morgan fingerprint density at radius 3 is 2.62 bits per heavy atom. The molecule has 0 radical (unpaired) electrons. The number of hydrogen-bond donors (Lipinski definition) is 0. The van der Waals surface area contributed by atoms with Gasteiger partial charge in [0.25, 0.3) is 5.91 Å². The zero-order chi connectivity index (χ0) is 20.5. The third-order valence-corrected chi connectivity index (χ3v) is 5.48. The van der Waals surface area contributed by atoms with Crippen molar-refractivity contribution < 1.29 is 4.79 Å². The number of nitrogens with zero attached hydrogens (tertiary/aromatic N) is 6. The average molecular weight is 411 g/mol. The Morgan fingerprint density at radius 2 is 1.97 bits per heavy atom. The highest BCUT2D eigenvalue weighted by Crippen LogP contribution is 2.38. The van der Waals surface area contributed by atoms with Gasteiger partial charge < -0.3 is 9.80 Å². The van der Waals surface area contributed by atoms with Gasteiger partial charge in [0.1, 0.15) is 5.69 Å². The molecule has 0 unspecified atom stereocenters. The van der Waals surface area contributed by atoms with E-state index in [0.29, 0.717) is 23.2 Å². The van der Waals surface area contributed by atoms with Crippen LogP contribution in [0.15, 0.2) is 42.7 Å². The van der Waals surface area contributed by atoms with Gasteiger partial charge in [-0.05, 0) is 36.6 Å². The maximum atomic E-state index is 13.2. The summed E-state index contributed by atoms with van der Waals surface area (Å²) in [7, 11) is 5.61. The van der Waals surface area contributed by atoms with E-state index >= 15 is 0 Å². The van der Waals surface area contributed by atoms with E-state index in [1.165, 1.54) is 0 Å². The lowest BCUT2D eigenvalue weighted by Gasteiger charge is -2.26. The Hall–Kier alpha value is -2.93. The van der Waals surface area contributed by atoms with Crippen LogP contribution < -0.4 is 4.90 Å². The number of aromatic nitrogens is 4. The molecule has 1 saturated heterocycles. The summed E-state index contributed by atoms with van der Waals surface area (Å²) in [5.41, 5.74) is 3.34. The molecule has 3 heterocycles. The van der Waals surface area contributed by atoms with Crippen molar-refractivity contribution in [1.29, 1.82) is 0 Å². The summed E-state index contributed by atoms with van der Waals surface area (Å²) in [6, 6.07) is 9.26. The molecule has 3 aromatic rings. The number of amides is 1. The van der Waals surface area contributed by atoms with Gasteiger partial charge in [0.05, 0.1) is 11.7 Å². The van der Waals surface area contributed by atoms with Crippen molar-refractivity contribution in [3.8, 4) is 11.1 Å². The van der Waals surface area contributed by atoms with Crippen molar-refractivity contribution >= 4 is 23.5 Å². The molecule has 29 heavy (non-hydrogen) atoms. The van der Waals surface area contributed by atoms with Gasteiger partial charge >= 0.3 is 0 Å². The molecule has 1 aliphatic heterocycles. The summed E-state index contributed by atoms with van der Waals surface area (Å²) in [5, 5.41) is 4.82. The SMILES string of the molecule is CN(C)c1ncc(-c2ccc(Cl)cc2)c([C@@H]2CCCN2C(=O)c2ccnn2C)n1. The summed E-state index contributed by atoms with van der Waals surface area (Å²) in [6.07, 6.45) is 5.27. The van der Waals surface area contributed by atoms with E-state index in [0.717, 1.165) is 29.7 Å². The minimum atomic E-state index is -0.121. The van der Waals surface area contributed by atoms with Crippen molar-refractivity contribution in [3.05, 3.63) is 59.1 Å². The molecule has 1 atom stereocenters. The molecular weight excluding hydrogens is 388 g/mol. The minimum absolute atomic E-state index is 0.0282. The Morgan fingerprint density at radius 1 is 1.21 bits per heavy atom. The van der Waals surface area contributed by atoms with E-state index < -0.39 is 0 Å². The molecule has 150 valence electrons. The van der Waals surface area contributed by atoms with E-state index in [4.69, 9.17) is 16.6 Å². The minimum Gasteiger partial charge on any atom is -0.347 e. The Labute approximate surface area is 174 Å². The van der Waals surface area contributed by atoms with E-state index in [1.54, 1.807) is 24.0 Å². The van der Waals surface area contributed by atoms with Crippen LogP contribution in [-0.2, 0) is 7.05 Å². The molecule has 4 rings (SSSR count). The molecule has 1 aromatic carbocycles. The van der Waals surface area contributed by atoms with Gasteiger partial charge in [-0.2, -0.15) is 5.10 Å². The number of benzene rings is 1. The third kappa shape index (κ3) is 3.70. The standard InChI is InChI=1S/C21H23ClN6O/c1-26(2)21-23-13-16(14-6-8-15(22)9-7-14)19(25-21)17-5-4-12-28(17)20(29)18-10-11-24-27(18)3/h6-11,13,17H,4-5,12H2,1-3H3/t17-/m0/s1. The molecule has 1 fully saturated rings.